The van der Waals surface area contributed by atoms with Crippen molar-refractivity contribution in [3.05, 3.63) is 17.7 Å². The first-order valence-electron chi connectivity index (χ1n) is 8.64. The number of piperazine rings is 1. The molecule has 0 radical (unpaired) electrons. The Balaban J connectivity index is 2.02. The summed E-state index contributed by atoms with van der Waals surface area (Å²) in [5, 5.41) is 0. The highest BCUT2D eigenvalue weighted by Gasteiger charge is 2.24. The molecule has 0 unspecified atom stereocenters. The lowest BCUT2D eigenvalue weighted by atomic mass is 10.2. The Morgan fingerprint density at radius 3 is 2.08 bits per heavy atom. The summed E-state index contributed by atoms with van der Waals surface area (Å²) in [5.74, 6) is 0.952. The summed E-state index contributed by atoms with van der Waals surface area (Å²) >= 11 is 0. The topological polar surface area (TPSA) is 62.9 Å². The minimum Gasteiger partial charge on any atom is -0.493 e. The van der Waals surface area contributed by atoms with Crippen LogP contribution in [0, 0.1) is 0 Å². The van der Waals surface area contributed by atoms with Crippen LogP contribution in [0.3, 0.4) is 0 Å². The first-order valence-corrected chi connectivity index (χ1v) is 8.64. The average molecular weight is 354 g/mol. The molecule has 1 heterocycles. The first kappa shape index (κ1) is 19.3. The molecule has 1 aliphatic heterocycles. The SMILES string of the molecule is COc1cc(C(=O)O[C@H](C)C[NH+]2CC[NH+](C)CC2)cc(OC)c1OC. The molecule has 140 valence electrons. The van der Waals surface area contributed by atoms with Gasteiger partial charge in [0.05, 0.1) is 33.9 Å². The largest absolute Gasteiger partial charge is 0.493 e. The van der Waals surface area contributed by atoms with Gasteiger partial charge in [-0.1, -0.05) is 0 Å². The fraction of sp³-hybridized carbons (Fsp3) is 0.611. The lowest BCUT2D eigenvalue weighted by molar-refractivity contribution is -1.00. The number of hydrogen-bond donors (Lipinski definition) is 2. The average Bonchev–Trinajstić information content (AvgIpc) is 2.62. The van der Waals surface area contributed by atoms with Gasteiger partial charge in [0.1, 0.15) is 38.8 Å². The Morgan fingerprint density at radius 2 is 1.60 bits per heavy atom. The highest BCUT2D eigenvalue weighted by Crippen LogP contribution is 2.38. The second-order valence-electron chi connectivity index (χ2n) is 6.54. The summed E-state index contributed by atoms with van der Waals surface area (Å²) in [7, 11) is 6.78. The number of quaternary nitrogens is 2. The molecule has 1 aliphatic rings. The third-order valence-electron chi connectivity index (χ3n) is 4.60. The molecule has 2 rings (SSSR count). The molecule has 0 amide bonds. The fourth-order valence-corrected chi connectivity index (χ4v) is 3.13. The van der Waals surface area contributed by atoms with E-state index in [-0.39, 0.29) is 12.1 Å². The zero-order chi connectivity index (χ0) is 18.4. The van der Waals surface area contributed by atoms with Gasteiger partial charge in [-0.25, -0.2) is 4.79 Å². The molecule has 0 bridgehead atoms. The number of ether oxygens (including phenoxy) is 4. The third-order valence-corrected chi connectivity index (χ3v) is 4.60. The van der Waals surface area contributed by atoms with E-state index in [4.69, 9.17) is 18.9 Å². The Morgan fingerprint density at radius 1 is 1.04 bits per heavy atom. The second kappa shape index (κ2) is 8.92. The summed E-state index contributed by atoms with van der Waals surface area (Å²) in [5.41, 5.74) is 0.388. The molecule has 0 spiro atoms. The summed E-state index contributed by atoms with van der Waals surface area (Å²) in [6.45, 7) is 7.29. The van der Waals surface area contributed by atoms with Crippen molar-refractivity contribution in [3.63, 3.8) is 0 Å². The zero-order valence-electron chi connectivity index (χ0n) is 15.8. The van der Waals surface area contributed by atoms with E-state index in [1.807, 2.05) is 6.92 Å². The maximum Gasteiger partial charge on any atom is 0.338 e. The van der Waals surface area contributed by atoms with Gasteiger partial charge in [0, 0.05) is 0 Å². The van der Waals surface area contributed by atoms with Crippen molar-refractivity contribution in [3.8, 4) is 17.2 Å². The Hall–Kier alpha value is -1.99. The van der Waals surface area contributed by atoms with E-state index in [1.54, 1.807) is 17.0 Å². The van der Waals surface area contributed by atoms with Crippen molar-refractivity contribution < 1.29 is 33.5 Å². The van der Waals surface area contributed by atoms with Crippen molar-refractivity contribution in [2.45, 2.75) is 13.0 Å². The number of esters is 1. The van der Waals surface area contributed by atoms with Gasteiger partial charge in [0.25, 0.3) is 0 Å². The molecule has 1 aromatic rings. The highest BCUT2D eigenvalue weighted by atomic mass is 16.5. The van der Waals surface area contributed by atoms with Crippen molar-refractivity contribution in [1.82, 2.24) is 0 Å². The zero-order valence-corrected chi connectivity index (χ0v) is 15.8. The molecule has 7 nitrogen and oxygen atoms in total. The minimum atomic E-state index is -0.383. The van der Waals surface area contributed by atoms with E-state index >= 15 is 0 Å². The lowest BCUT2D eigenvalue weighted by Crippen LogP contribution is -3.27. The van der Waals surface area contributed by atoms with Gasteiger partial charge in [0.15, 0.2) is 11.5 Å². The molecule has 0 aromatic heterocycles. The number of methoxy groups -OCH3 is 3. The summed E-state index contributed by atoms with van der Waals surface area (Å²) < 4.78 is 21.5. The number of benzene rings is 1. The smallest absolute Gasteiger partial charge is 0.338 e. The molecule has 2 N–H and O–H groups in total. The number of rotatable bonds is 7. The number of carbonyl (C=O) groups excluding carboxylic acids is 1. The first-order chi connectivity index (χ1) is 12.0. The van der Waals surface area contributed by atoms with Gasteiger partial charge >= 0.3 is 5.97 Å². The molecular weight excluding hydrogens is 324 g/mol. The number of likely N-dealkylation sites (N-methyl/N-ethyl adjacent to an activating group) is 1. The molecule has 1 atom stereocenters. The maximum absolute atomic E-state index is 12.5. The summed E-state index contributed by atoms with van der Waals surface area (Å²) in [4.78, 5) is 15.5. The van der Waals surface area contributed by atoms with E-state index in [1.165, 1.54) is 26.2 Å². The van der Waals surface area contributed by atoms with Crippen molar-refractivity contribution >= 4 is 5.97 Å². The van der Waals surface area contributed by atoms with E-state index in [0.717, 1.165) is 32.7 Å². The van der Waals surface area contributed by atoms with Crippen LogP contribution in [0.25, 0.3) is 0 Å². The number of carbonyl (C=O) groups is 1. The quantitative estimate of drug-likeness (QED) is 0.594. The van der Waals surface area contributed by atoms with Crippen molar-refractivity contribution in [2.24, 2.45) is 0 Å². The Bertz CT molecular complexity index is 560. The van der Waals surface area contributed by atoms with Crippen LogP contribution in [-0.2, 0) is 4.74 Å². The predicted molar refractivity (Wildman–Crippen MR) is 93.2 cm³/mol. The Labute approximate surface area is 149 Å². The van der Waals surface area contributed by atoms with Crippen LogP contribution in [0.15, 0.2) is 12.1 Å². The van der Waals surface area contributed by atoms with Crippen LogP contribution < -0.4 is 24.0 Å². The van der Waals surface area contributed by atoms with Crippen LogP contribution in [-0.4, -0.2) is 73.2 Å². The van der Waals surface area contributed by atoms with E-state index in [0.29, 0.717) is 22.8 Å². The van der Waals surface area contributed by atoms with Gasteiger partial charge in [-0.05, 0) is 19.1 Å². The van der Waals surface area contributed by atoms with Crippen molar-refractivity contribution in [2.75, 3.05) is 61.1 Å². The number of hydrogen-bond acceptors (Lipinski definition) is 5. The van der Waals surface area contributed by atoms with Crippen molar-refractivity contribution in [1.29, 1.82) is 0 Å². The molecule has 1 aromatic carbocycles. The molecule has 7 heteroatoms. The van der Waals surface area contributed by atoms with Gasteiger partial charge in [-0.3, -0.25) is 0 Å². The van der Waals surface area contributed by atoms with Crippen LogP contribution in [0.4, 0.5) is 0 Å². The third kappa shape index (κ3) is 4.99. The molecule has 25 heavy (non-hydrogen) atoms. The summed E-state index contributed by atoms with van der Waals surface area (Å²) in [6.07, 6.45) is -0.153. The highest BCUT2D eigenvalue weighted by molar-refractivity contribution is 5.91. The lowest BCUT2D eigenvalue weighted by Gasteiger charge is -2.28. The summed E-state index contributed by atoms with van der Waals surface area (Å²) in [6, 6.07) is 3.23. The molecular formula is C18H30N2O5+2. The molecule has 1 saturated heterocycles. The van der Waals surface area contributed by atoms with Crippen LogP contribution in [0.2, 0.25) is 0 Å². The van der Waals surface area contributed by atoms with Crippen LogP contribution in [0.1, 0.15) is 17.3 Å². The maximum atomic E-state index is 12.5. The van der Waals surface area contributed by atoms with E-state index in [9.17, 15) is 4.79 Å². The van der Waals surface area contributed by atoms with Gasteiger partial charge in [0.2, 0.25) is 5.75 Å². The van der Waals surface area contributed by atoms with Crippen LogP contribution in [0.5, 0.6) is 17.2 Å². The van der Waals surface area contributed by atoms with Gasteiger partial charge in [-0.2, -0.15) is 0 Å². The Kier molecular flexibility index (Phi) is 6.90. The molecule has 0 aliphatic carbocycles. The predicted octanol–water partition coefficient (Wildman–Crippen LogP) is -1.33. The fourth-order valence-electron chi connectivity index (χ4n) is 3.13. The molecule has 1 fully saturated rings. The number of nitrogens with one attached hydrogen (secondary N) is 2. The van der Waals surface area contributed by atoms with Gasteiger partial charge < -0.3 is 28.7 Å². The minimum absolute atomic E-state index is 0.153. The van der Waals surface area contributed by atoms with E-state index < -0.39 is 0 Å². The van der Waals surface area contributed by atoms with Gasteiger partial charge in [-0.15, -0.1) is 0 Å². The normalized spacial score (nSPS) is 21.3. The monoisotopic (exact) mass is 354 g/mol. The standard InChI is InChI=1S/C18H28N2O5/c1-13(12-20-8-6-19(2)7-9-20)25-18(21)14-10-15(22-3)17(24-5)16(11-14)23-4/h10-11,13H,6-9,12H2,1-5H3/p+2/t13-/m1/s1. The van der Waals surface area contributed by atoms with Crippen LogP contribution >= 0.6 is 0 Å². The van der Waals surface area contributed by atoms with E-state index in [2.05, 4.69) is 7.05 Å². The molecule has 0 saturated carbocycles. The second-order valence-corrected chi connectivity index (χ2v) is 6.54.